The van der Waals surface area contributed by atoms with Gasteiger partial charge in [-0.3, -0.25) is 0 Å². The molecule has 5 heteroatoms. The summed E-state index contributed by atoms with van der Waals surface area (Å²) in [6.45, 7) is 0. The summed E-state index contributed by atoms with van der Waals surface area (Å²) in [7, 11) is 0. The van der Waals surface area contributed by atoms with E-state index in [4.69, 9.17) is 19.4 Å². The molecule has 0 saturated heterocycles. The Bertz CT molecular complexity index is 3160. The van der Waals surface area contributed by atoms with Crippen molar-refractivity contribution in [2.45, 2.75) is 0 Å². The highest BCUT2D eigenvalue weighted by molar-refractivity contribution is 7.27. The maximum absolute atomic E-state index is 6.29. The molecule has 0 radical (unpaired) electrons. The number of nitrogens with zero attached hydrogens (tertiary/aromatic N) is 3. The molecule has 0 aliphatic carbocycles. The van der Waals surface area contributed by atoms with Gasteiger partial charge in [-0.25, -0.2) is 15.0 Å². The number of furan rings is 1. The predicted octanol–water partition coefficient (Wildman–Crippen LogP) is 12.6. The molecular formula is C45H25N3OS. The molecule has 0 fully saturated rings. The summed E-state index contributed by atoms with van der Waals surface area (Å²) in [6, 6.07) is 53.1. The van der Waals surface area contributed by atoms with Gasteiger partial charge in [0.2, 0.25) is 0 Å². The highest BCUT2D eigenvalue weighted by Crippen LogP contribution is 2.48. The number of hydrogen-bond acceptors (Lipinski definition) is 5. The second kappa shape index (κ2) is 10.5. The molecule has 3 aromatic heterocycles. The third kappa shape index (κ3) is 4.01. The Morgan fingerprint density at radius 3 is 1.84 bits per heavy atom. The number of hydrogen-bond donors (Lipinski definition) is 0. The number of rotatable bonds is 3. The molecule has 4 nitrogen and oxygen atoms in total. The summed E-state index contributed by atoms with van der Waals surface area (Å²) in [5.41, 5.74) is 4.49. The highest BCUT2D eigenvalue weighted by Gasteiger charge is 2.22. The van der Waals surface area contributed by atoms with Crippen LogP contribution < -0.4 is 0 Å². The monoisotopic (exact) mass is 655 g/mol. The van der Waals surface area contributed by atoms with Crippen LogP contribution in [-0.2, 0) is 0 Å². The summed E-state index contributed by atoms with van der Waals surface area (Å²) < 4.78 is 8.78. The predicted molar refractivity (Wildman–Crippen MR) is 209 cm³/mol. The number of thiophene rings is 1. The second-order valence-corrected chi connectivity index (χ2v) is 13.8. The molecule has 0 aliphatic heterocycles. The van der Waals surface area contributed by atoms with Gasteiger partial charge in [0.25, 0.3) is 0 Å². The Morgan fingerprint density at radius 2 is 1.02 bits per heavy atom. The molecule has 0 N–H and O–H groups in total. The fourth-order valence-electron chi connectivity index (χ4n) is 7.66. The zero-order valence-corrected chi connectivity index (χ0v) is 27.4. The van der Waals surface area contributed by atoms with Crippen LogP contribution in [0.2, 0.25) is 0 Å². The first-order valence-electron chi connectivity index (χ1n) is 16.7. The van der Waals surface area contributed by atoms with Crippen molar-refractivity contribution in [3.63, 3.8) is 0 Å². The van der Waals surface area contributed by atoms with Crippen LogP contribution in [0.5, 0.6) is 0 Å². The van der Waals surface area contributed by atoms with Crippen molar-refractivity contribution in [1.29, 1.82) is 0 Å². The van der Waals surface area contributed by atoms with Gasteiger partial charge >= 0.3 is 0 Å². The number of fused-ring (bicyclic) bond motifs is 12. The van der Waals surface area contributed by atoms with Crippen molar-refractivity contribution in [3.8, 4) is 34.2 Å². The van der Waals surface area contributed by atoms with E-state index in [0.29, 0.717) is 17.5 Å². The van der Waals surface area contributed by atoms with Gasteiger partial charge in [0, 0.05) is 53.0 Å². The van der Waals surface area contributed by atoms with Crippen molar-refractivity contribution in [1.82, 2.24) is 15.0 Å². The standard InChI is InChI=1S/C45H25N3OS/c1-2-13-28(14-3-1)43-46-44(33-18-10-20-36-39(33)32-17-8-9-19-35(32)49-36)48-45(47-43)34-25-29-22-21-26-11-4-6-15-30(26)38(29)42-41(34)40-31-16-7-5-12-27(31)23-24-37(40)50-42/h1-25H. The van der Waals surface area contributed by atoms with E-state index in [1.807, 2.05) is 59.9 Å². The normalized spacial score (nSPS) is 12.0. The summed E-state index contributed by atoms with van der Waals surface area (Å²) in [5, 5.41) is 11.8. The van der Waals surface area contributed by atoms with Crippen LogP contribution in [0.4, 0.5) is 0 Å². The molecule has 232 valence electrons. The third-order valence-corrected chi connectivity index (χ3v) is 11.1. The Labute approximate surface area is 289 Å². The smallest absolute Gasteiger partial charge is 0.164 e. The largest absolute Gasteiger partial charge is 0.456 e. The Balaban J connectivity index is 1.31. The quantitative estimate of drug-likeness (QED) is 0.178. The summed E-state index contributed by atoms with van der Waals surface area (Å²) >= 11 is 1.85. The molecule has 8 aromatic carbocycles. The fourth-order valence-corrected chi connectivity index (χ4v) is 8.98. The van der Waals surface area contributed by atoms with Gasteiger partial charge in [0.15, 0.2) is 17.5 Å². The molecule has 11 aromatic rings. The van der Waals surface area contributed by atoms with Crippen molar-refractivity contribution in [2.24, 2.45) is 0 Å². The molecule has 0 bridgehead atoms. The van der Waals surface area contributed by atoms with E-state index in [1.54, 1.807) is 0 Å². The fraction of sp³-hybridized carbons (Fsp3) is 0. The molecular weight excluding hydrogens is 631 g/mol. The van der Waals surface area contributed by atoms with Crippen molar-refractivity contribution in [3.05, 3.63) is 152 Å². The van der Waals surface area contributed by atoms with Crippen LogP contribution in [-0.4, -0.2) is 15.0 Å². The van der Waals surface area contributed by atoms with Gasteiger partial charge < -0.3 is 4.42 Å². The molecule has 0 spiro atoms. The van der Waals surface area contributed by atoms with Gasteiger partial charge in [0.1, 0.15) is 11.2 Å². The van der Waals surface area contributed by atoms with Gasteiger partial charge in [-0.15, -0.1) is 11.3 Å². The lowest BCUT2D eigenvalue weighted by Crippen LogP contribution is -2.01. The van der Waals surface area contributed by atoms with Gasteiger partial charge in [-0.05, 0) is 51.2 Å². The maximum atomic E-state index is 6.29. The first-order chi connectivity index (χ1) is 24.8. The van der Waals surface area contributed by atoms with Crippen LogP contribution in [0.1, 0.15) is 0 Å². The minimum absolute atomic E-state index is 0.613. The molecule has 0 amide bonds. The van der Waals surface area contributed by atoms with E-state index >= 15 is 0 Å². The van der Waals surface area contributed by atoms with E-state index in [9.17, 15) is 0 Å². The van der Waals surface area contributed by atoms with E-state index < -0.39 is 0 Å². The van der Waals surface area contributed by atoms with E-state index in [1.165, 1.54) is 47.1 Å². The molecule has 0 aliphatic rings. The first kappa shape index (κ1) is 27.5. The van der Waals surface area contributed by atoms with Gasteiger partial charge in [0.05, 0.1) is 0 Å². The van der Waals surface area contributed by atoms with Gasteiger partial charge in [-0.1, -0.05) is 127 Å². The molecule has 0 saturated carbocycles. The lowest BCUT2D eigenvalue weighted by Gasteiger charge is -2.13. The molecule has 11 rings (SSSR count). The number of benzene rings is 8. The number of para-hydroxylation sites is 1. The summed E-state index contributed by atoms with van der Waals surface area (Å²) in [6.07, 6.45) is 0. The highest BCUT2D eigenvalue weighted by atomic mass is 32.1. The molecule has 0 unspecified atom stereocenters. The van der Waals surface area contributed by atoms with Crippen molar-refractivity contribution >= 4 is 85.8 Å². The SMILES string of the molecule is c1ccc(-c2nc(-c3cccc4oc5ccccc5c34)nc(-c3cc4ccc5ccccc5c4c4sc5ccc6ccccc6c5c34)n2)cc1. The average molecular weight is 656 g/mol. The second-order valence-electron chi connectivity index (χ2n) is 12.7. The lowest BCUT2D eigenvalue weighted by molar-refractivity contribution is 0.669. The Kier molecular flexibility index (Phi) is 5.80. The zero-order valence-electron chi connectivity index (χ0n) is 26.6. The van der Waals surface area contributed by atoms with Crippen LogP contribution in [0.15, 0.2) is 156 Å². The average Bonchev–Trinajstić information content (AvgIpc) is 3.77. The lowest BCUT2D eigenvalue weighted by atomic mass is 9.94. The summed E-state index contributed by atoms with van der Waals surface area (Å²) in [4.78, 5) is 15.8. The molecule has 3 heterocycles. The molecule has 0 atom stereocenters. The van der Waals surface area contributed by atoms with Gasteiger partial charge in [-0.2, -0.15) is 0 Å². The first-order valence-corrected chi connectivity index (χ1v) is 17.5. The zero-order chi connectivity index (χ0) is 32.8. The van der Waals surface area contributed by atoms with E-state index in [2.05, 4.69) is 103 Å². The maximum Gasteiger partial charge on any atom is 0.164 e. The van der Waals surface area contributed by atoms with Crippen LogP contribution >= 0.6 is 11.3 Å². The number of aromatic nitrogens is 3. The topological polar surface area (TPSA) is 51.8 Å². The van der Waals surface area contributed by atoms with Crippen LogP contribution in [0.25, 0.3) is 109 Å². The minimum Gasteiger partial charge on any atom is -0.456 e. The van der Waals surface area contributed by atoms with E-state index in [0.717, 1.165) is 44.0 Å². The van der Waals surface area contributed by atoms with Crippen molar-refractivity contribution < 1.29 is 4.42 Å². The third-order valence-electron chi connectivity index (χ3n) is 9.89. The Morgan fingerprint density at radius 1 is 0.400 bits per heavy atom. The van der Waals surface area contributed by atoms with Crippen LogP contribution in [0, 0.1) is 0 Å². The van der Waals surface area contributed by atoms with Crippen LogP contribution in [0.3, 0.4) is 0 Å². The van der Waals surface area contributed by atoms with E-state index in [-0.39, 0.29) is 0 Å². The molecule has 50 heavy (non-hydrogen) atoms. The summed E-state index contributed by atoms with van der Waals surface area (Å²) in [5.74, 6) is 1.89. The Hall–Kier alpha value is -6.43. The van der Waals surface area contributed by atoms with Crippen molar-refractivity contribution in [2.75, 3.05) is 0 Å². The minimum atomic E-state index is 0.613.